The highest BCUT2D eigenvalue weighted by Crippen LogP contribution is 2.29. The normalized spacial score (nSPS) is 18.0. The molecule has 1 fully saturated rings. The molecule has 0 spiro atoms. The van der Waals surface area contributed by atoms with Crippen molar-refractivity contribution < 1.29 is 0 Å². The summed E-state index contributed by atoms with van der Waals surface area (Å²) in [6.45, 7) is 5.90. The summed E-state index contributed by atoms with van der Waals surface area (Å²) in [6, 6.07) is 6.12. The van der Waals surface area contributed by atoms with Crippen LogP contribution in [0.5, 0.6) is 0 Å². The molecule has 7 heteroatoms. The third kappa shape index (κ3) is 2.90. The van der Waals surface area contributed by atoms with Crippen LogP contribution in [0.15, 0.2) is 18.2 Å². The Kier molecular flexibility index (Phi) is 3.78. The number of nitrogens with zero attached hydrogens (tertiary/aromatic N) is 6. The second kappa shape index (κ2) is 5.98. The predicted molar refractivity (Wildman–Crippen MR) is 98.6 cm³/mol. The summed E-state index contributed by atoms with van der Waals surface area (Å²) in [6.07, 6.45) is 2.22. The van der Waals surface area contributed by atoms with Crippen LogP contribution in [0.2, 0.25) is 0 Å². The minimum Gasteiger partial charge on any atom is -0.382 e. The highest BCUT2D eigenvalue weighted by Gasteiger charge is 2.25. The molecule has 1 atom stereocenters. The van der Waals surface area contributed by atoms with Crippen LogP contribution in [0.4, 0.5) is 11.8 Å². The van der Waals surface area contributed by atoms with Gasteiger partial charge in [0.2, 0.25) is 5.95 Å². The molecule has 1 saturated heterocycles. The van der Waals surface area contributed by atoms with Gasteiger partial charge in [-0.2, -0.15) is 5.10 Å². The van der Waals surface area contributed by atoms with Gasteiger partial charge >= 0.3 is 0 Å². The van der Waals surface area contributed by atoms with E-state index in [1.165, 1.54) is 0 Å². The number of pyridine rings is 1. The van der Waals surface area contributed by atoms with Gasteiger partial charge in [-0.1, -0.05) is 0 Å². The first-order chi connectivity index (χ1) is 12.0. The Morgan fingerprint density at radius 2 is 1.88 bits per heavy atom. The lowest BCUT2D eigenvalue weighted by molar-refractivity contribution is 0.495. The van der Waals surface area contributed by atoms with Crippen molar-refractivity contribution >= 4 is 22.8 Å². The molecule has 7 nitrogen and oxygen atoms in total. The van der Waals surface area contributed by atoms with E-state index in [1.54, 1.807) is 4.68 Å². The summed E-state index contributed by atoms with van der Waals surface area (Å²) >= 11 is 0. The average molecular weight is 337 g/mol. The molecular weight excluding hydrogens is 314 g/mol. The fourth-order valence-electron chi connectivity index (χ4n) is 3.65. The summed E-state index contributed by atoms with van der Waals surface area (Å²) in [4.78, 5) is 16.3. The predicted octanol–water partition coefficient (Wildman–Crippen LogP) is 2.34. The van der Waals surface area contributed by atoms with Gasteiger partial charge in [0.15, 0.2) is 11.5 Å². The van der Waals surface area contributed by atoms with E-state index in [-0.39, 0.29) is 0 Å². The van der Waals surface area contributed by atoms with Crippen molar-refractivity contribution in [2.24, 2.45) is 7.05 Å². The molecule has 25 heavy (non-hydrogen) atoms. The SMILES string of the molecule is Cc1cc(C)nc(N2CCCC(c3ccc4c(N)nn(C)c4n3)C2)n1. The first-order valence-corrected chi connectivity index (χ1v) is 8.67. The van der Waals surface area contributed by atoms with E-state index in [2.05, 4.69) is 26.0 Å². The van der Waals surface area contributed by atoms with Gasteiger partial charge in [-0.15, -0.1) is 0 Å². The van der Waals surface area contributed by atoms with Gasteiger partial charge in [0.05, 0.1) is 5.39 Å². The fraction of sp³-hybridized carbons (Fsp3) is 0.444. The molecule has 4 heterocycles. The zero-order valence-corrected chi connectivity index (χ0v) is 14.9. The smallest absolute Gasteiger partial charge is 0.225 e. The molecule has 0 aliphatic carbocycles. The minimum absolute atomic E-state index is 0.360. The lowest BCUT2D eigenvalue weighted by Crippen LogP contribution is -2.36. The van der Waals surface area contributed by atoms with E-state index in [9.17, 15) is 0 Å². The number of aromatic nitrogens is 5. The highest BCUT2D eigenvalue weighted by atomic mass is 15.3. The second-order valence-corrected chi connectivity index (χ2v) is 6.85. The fourth-order valence-corrected chi connectivity index (χ4v) is 3.65. The van der Waals surface area contributed by atoms with Crippen LogP contribution in [-0.4, -0.2) is 37.8 Å². The molecule has 1 aliphatic rings. The molecule has 0 amide bonds. The Bertz CT molecular complexity index is 910. The van der Waals surface area contributed by atoms with Gasteiger partial charge in [0.1, 0.15) is 0 Å². The average Bonchev–Trinajstić information content (AvgIpc) is 2.88. The number of rotatable bonds is 2. The lowest BCUT2D eigenvalue weighted by atomic mass is 9.94. The number of hydrogen-bond acceptors (Lipinski definition) is 6. The molecular formula is C18H23N7. The Morgan fingerprint density at radius 3 is 2.64 bits per heavy atom. The van der Waals surface area contributed by atoms with Crippen molar-refractivity contribution in [2.75, 3.05) is 23.7 Å². The van der Waals surface area contributed by atoms with Crippen LogP contribution in [-0.2, 0) is 7.05 Å². The van der Waals surface area contributed by atoms with Crippen molar-refractivity contribution in [1.82, 2.24) is 24.7 Å². The number of piperidine rings is 1. The molecule has 0 radical (unpaired) electrons. The second-order valence-electron chi connectivity index (χ2n) is 6.85. The maximum absolute atomic E-state index is 5.94. The van der Waals surface area contributed by atoms with E-state index in [4.69, 9.17) is 10.7 Å². The van der Waals surface area contributed by atoms with Crippen molar-refractivity contribution in [3.05, 3.63) is 35.3 Å². The van der Waals surface area contributed by atoms with Crippen molar-refractivity contribution in [3.8, 4) is 0 Å². The van der Waals surface area contributed by atoms with Crippen LogP contribution >= 0.6 is 0 Å². The quantitative estimate of drug-likeness (QED) is 0.772. The number of hydrogen-bond donors (Lipinski definition) is 1. The Labute approximate surface area is 146 Å². The van der Waals surface area contributed by atoms with E-state index < -0.39 is 0 Å². The Morgan fingerprint density at radius 1 is 1.12 bits per heavy atom. The molecule has 3 aromatic heterocycles. The largest absolute Gasteiger partial charge is 0.382 e. The lowest BCUT2D eigenvalue weighted by Gasteiger charge is -2.32. The van der Waals surface area contributed by atoms with E-state index >= 15 is 0 Å². The molecule has 130 valence electrons. The summed E-state index contributed by atoms with van der Waals surface area (Å²) in [5.41, 5.74) is 9.88. The first-order valence-electron chi connectivity index (χ1n) is 8.67. The van der Waals surface area contributed by atoms with Gasteiger partial charge in [-0.3, -0.25) is 0 Å². The molecule has 4 rings (SSSR count). The van der Waals surface area contributed by atoms with Gasteiger partial charge in [0, 0.05) is 43.1 Å². The van der Waals surface area contributed by atoms with E-state index in [0.29, 0.717) is 11.7 Å². The molecule has 0 saturated carbocycles. The maximum atomic E-state index is 5.94. The van der Waals surface area contributed by atoms with Crippen LogP contribution in [0.1, 0.15) is 35.8 Å². The zero-order valence-electron chi connectivity index (χ0n) is 14.9. The number of anilines is 2. The summed E-state index contributed by atoms with van der Waals surface area (Å²) in [5, 5.41) is 5.17. The van der Waals surface area contributed by atoms with Crippen molar-refractivity contribution in [2.45, 2.75) is 32.6 Å². The maximum Gasteiger partial charge on any atom is 0.225 e. The number of aryl methyl sites for hydroxylation is 3. The van der Waals surface area contributed by atoms with Crippen LogP contribution in [0, 0.1) is 13.8 Å². The van der Waals surface area contributed by atoms with Gasteiger partial charge in [-0.25, -0.2) is 19.6 Å². The monoisotopic (exact) mass is 337 g/mol. The topological polar surface area (TPSA) is 85.8 Å². The third-order valence-electron chi connectivity index (χ3n) is 4.83. The van der Waals surface area contributed by atoms with Crippen molar-refractivity contribution in [3.63, 3.8) is 0 Å². The third-order valence-corrected chi connectivity index (χ3v) is 4.83. The Balaban J connectivity index is 1.63. The molecule has 3 aromatic rings. The highest BCUT2D eigenvalue weighted by molar-refractivity contribution is 5.86. The molecule has 2 N–H and O–H groups in total. The van der Waals surface area contributed by atoms with Gasteiger partial charge in [0.25, 0.3) is 0 Å². The molecule has 1 unspecified atom stereocenters. The summed E-state index contributed by atoms with van der Waals surface area (Å²) in [7, 11) is 1.88. The number of fused-ring (bicyclic) bond motifs is 1. The van der Waals surface area contributed by atoms with Crippen LogP contribution in [0.3, 0.4) is 0 Å². The zero-order chi connectivity index (χ0) is 17.6. The number of nitrogens with two attached hydrogens (primary N) is 1. The Hall–Kier alpha value is -2.70. The van der Waals surface area contributed by atoms with Gasteiger partial charge < -0.3 is 10.6 Å². The minimum atomic E-state index is 0.360. The van der Waals surface area contributed by atoms with Crippen molar-refractivity contribution in [1.29, 1.82) is 0 Å². The molecule has 0 aromatic carbocycles. The summed E-state index contributed by atoms with van der Waals surface area (Å²) in [5.74, 6) is 1.72. The van der Waals surface area contributed by atoms with Crippen LogP contribution in [0.25, 0.3) is 11.0 Å². The van der Waals surface area contributed by atoms with Gasteiger partial charge in [-0.05, 0) is 44.9 Å². The molecule has 0 bridgehead atoms. The standard InChI is InChI=1S/C18H23N7/c1-11-9-12(2)21-18(20-11)25-8-4-5-13(10-25)15-7-6-14-16(19)23-24(3)17(14)22-15/h6-7,9,13H,4-5,8,10H2,1-3H3,(H2,19,23). The van der Waals surface area contributed by atoms with E-state index in [1.807, 2.05) is 33.0 Å². The first kappa shape index (κ1) is 15.8. The summed E-state index contributed by atoms with van der Waals surface area (Å²) < 4.78 is 1.75. The van der Waals surface area contributed by atoms with E-state index in [0.717, 1.165) is 60.0 Å². The molecule has 1 aliphatic heterocycles. The number of nitrogen functional groups attached to an aromatic ring is 1. The van der Waals surface area contributed by atoms with Crippen LogP contribution < -0.4 is 10.6 Å².